The molecule has 2 rings (SSSR count). The maximum absolute atomic E-state index is 5.50. The molecule has 0 saturated heterocycles. The fourth-order valence-electron chi connectivity index (χ4n) is 1.47. The van der Waals surface area contributed by atoms with E-state index in [0.29, 0.717) is 0 Å². The summed E-state index contributed by atoms with van der Waals surface area (Å²) in [6.45, 7) is 0. The molecule has 0 atom stereocenters. The van der Waals surface area contributed by atoms with Gasteiger partial charge in [0.25, 0.3) is 0 Å². The SMILES string of the molecule is C#CC1(c2ccccc2Br)CC1. The Labute approximate surface area is 81.1 Å². The highest BCUT2D eigenvalue weighted by Gasteiger charge is 2.43. The molecule has 0 nitrogen and oxygen atoms in total. The van der Waals surface area contributed by atoms with Gasteiger partial charge in [0.15, 0.2) is 0 Å². The number of terminal acetylenes is 1. The van der Waals surface area contributed by atoms with Gasteiger partial charge in [0.1, 0.15) is 0 Å². The Morgan fingerprint density at radius 3 is 2.50 bits per heavy atom. The Hall–Kier alpha value is -0.740. The molecule has 0 heterocycles. The lowest BCUT2D eigenvalue weighted by molar-refractivity contribution is 0.923. The van der Waals surface area contributed by atoms with Crippen LogP contribution in [0.15, 0.2) is 28.7 Å². The van der Waals surface area contributed by atoms with Crippen LogP contribution in [0.5, 0.6) is 0 Å². The van der Waals surface area contributed by atoms with Gasteiger partial charge < -0.3 is 0 Å². The molecule has 0 N–H and O–H groups in total. The van der Waals surface area contributed by atoms with Gasteiger partial charge in [0.2, 0.25) is 0 Å². The van der Waals surface area contributed by atoms with Gasteiger partial charge in [-0.05, 0) is 24.5 Å². The maximum Gasteiger partial charge on any atom is 0.0572 e. The Balaban J connectivity index is 2.48. The van der Waals surface area contributed by atoms with Crippen molar-refractivity contribution in [1.82, 2.24) is 0 Å². The summed E-state index contributed by atoms with van der Waals surface area (Å²) in [5, 5.41) is 0. The standard InChI is InChI=1S/C11H9Br/c1-2-11(7-8-11)9-5-3-4-6-10(9)12/h1,3-6H,7-8H2. The minimum Gasteiger partial charge on any atom is -0.119 e. The third kappa shape index (κ3) is 1.07. The van der Waals surface area contributed by atoms with Crippen molar-refractivity contribution < 1.29 is 0 Å². The molecule has 1 aliphatic carbocycles. The molecule has 1 fully saturated rings. The van der Waals surface area contributed by atoms with Crippen LogP contribution in [-0.4, -0.2) is 0 Å². The maximum atomic E-state index is 5.50. The van der Waals surface area contributed by atoms with E-state index in [1.165, 1.54) is 5.56 Å². The number of halogens is 1. The van der Waals surface area contributed by atoms with Crippen molar-refractivity contribution in [3.05, 3.63) is 34.3 Å². The first-order chi connectivity index (χ1) is 5.78. The van der Waals surface area contributed by atoms with Gasteiger partial charge in [-0.25, -0.2) is 0 Å². The van der Waals surface area contributed by atoms with Crippen molar-refractivity contribution >= 4 is 15.9 Å². The lowest BCUT2D eigenvalue weighted by atomic mass is 9.97. The van der Waals surface area contributed by atoms with Gasteiger partial charge in [0.05, 0.1) is 5.41 Å². The molecule has 0 spiro atoms. The molecule has 1 heteroatoms. The molecule has 0 aliphatic heterocycles. The molecule has 1 aliphatic rings. The largest absolute Gasteiger partial charge is 0.119 e. The Morgan fingerprint density at radius 2 is 2.00 bits per heavy atom. The van der Waals surface area contributed by atoms with Crippen molar-refractivity contribution in [2.45, 2.75) is 18.3 Å². The number of benzene rings is 1. The molecule has 0 amide bonds. The van der Waals surface area contributed by atoms with Crippen LogP contribution in [0.1, 0.15) is 18.4 Å². The van der Waals surface area contributed by atoms with Crippen LogP contribution in [0.25, 0.3) is 0 Å². The van der Waals surface area contributed by atoms with Crippen LogP contribution in [0.4, 0.5) is 0 Å². The molecule has 60 valence electrons. The molecule has 0 radical (unpaired) electrons. The van der Waals surface area contributed by atoms with Crippen molar-refractivity contribution in [1.29, 1.82) is 0 Å². The summed E-state index contributed by atoms with van der Waals surface area (Å²) in [4.78, 5) is 0. The third-order valence-corrected chi connectivity index (χ3v) is 3.11. The summed E-state index contributed by atoms with van der Waals surface area (Å²) in [6, 6.07) is 8.21. The van der Waals surface area contributed by atoms with Crippen LogP contribution in [-0.2, 0) is 5.41 Å². The van der Waals surface area contributed by atoms with Gasteiger partial charge in [-0.15, -0.1) is 6.42 Å². The molecular formula is C11H9Br. The van der Waals surface area contributed by atoms with Crippen LogP contribution in [0.2, 0.25) is 0 Å². The van der Waals surface area contributed by atoms with Gasteiger partial charge in [-0.2, -0.15) is 0 Å². The Bertz CT molecular complexity index is 342. The number of rotatable bonds is 1. The highest BCUT2D eigenvalue weighted by Crippen LogP contribution is 2.49. The van der Waals surface area contributed by atoms with Crippen molar-refractivity contribution in [2.75, 3.05) is 0 Å². The van der Waals surface area contributed by atoms with E-state index < -0.39 is 0 Å². The van der Waals surface area contributed by atoms with Crippen LogP contribution < -0.4 is 0 Å². The van der Waals surface area contributed by atoms with E-state index >= 15 is 0 Å². The van der Waals surface area contributed by atoms with E-state index in [4.69, 9.17) is 6.42 Å². The van der Waals surface area contributed by atoms with Crippen molar-refractivity contribution in [3.8, 4) is 12.3 Å². The smallest absolute Gasteiger partial charge is 0.0572 e. The fraction of sp³-hybridized carbons (Fsp3) is 0.273. The van der Waals surface area contributed by atoms with E-state index in [9.17, 15) is 0 Å². The first-order valence-electron chi connectivity index (χ1n) is 4.01. The first-order valence-corrected chi connectivity index (χ1v) is 4.81. The summed E-state index contributed by atoms with van der Waals surface area (Å²) in [5.41, 5.74) is 1.33. The summed E-state index contributed by atoms with van der Waals surface area (Å²) >= 11 is 3.52. The van der Waals surface area contributed by atoms with Crippen LogP contribution in [0.3, 0.4) is 0 Å². The topological polar surface area (TPSA) is 0 Å². The molecule has 1 saturated carbocycles. The average Bonchev–Trinajstić information content (AvgIpc) is 2.86. The first kappa shape index (κ1) is 7.89. The Morgan fingerprint density at radius 1 is 1.33 bits per heavy atom. The second-order valence-corrected chi connectivity index (χ2v) is 4.06. The molecule has 1 aromatic rings. The normalized spacial score (nSPS) is 18.3. The highest BCUT2D eigenvalue weighted by atomic mass is 79.9. The van der Waals surface area contributed by atoms with E-state index in [0.717, 1.165) is 17.3 Å². The lowest BCUT2D eigenvalue weighted by Crippen LogP contribution is -2.02. The zero-order valence-electron chi connectivity index (χ0n) is 6.68. The fourth-order valence-corrected chi connectivity index (χ4v) is 2.13. The lowest BCUT2D eigenvalue weighted by Gasteiger charge is -2.09. The van der Waals surface area contributed by atoms with E-state index in [1.54, 1.807) is 0 Å². The van der Waals surface area contributed by atoms with E-state index in [-0.39, 0.29) is 5.41 Å². The number of hydrogen-bond acceptors (Lipinski definition) is 0. The average molecular weight is 221 g/mol. The van der Waals surface area contributed by atoms with Crippen LogP contribution in [0, 0.1) is 12.3 Å². The molecule has 12 heavy (non-hydrogen) atoms. The second kappa shape index (κ2) is 2.64. The van der Waals surface area contributed by atoms with Gasteiger partial charge in [0, 0.05) is 4.47 Å². The summed E-state index contributed by atoms with van der Waals surface area (Å²) < 4.78 is 1.14. The minimum absolute atomic E-state index is 0.0556. The van der Waals surface area contributed by atoms with Gasteiger partial charge in [-0.3, -0.25) is 0 Å². The van der Waals surface area contributed by atoms with Crippen LogP contribution >= 0.6 is 15.9 Å². The second-order valence-electron chi connectivity index (χ2n) is 3.21. The van der Waals surface area contributed by atoms with Crippen molar-refractivity contribution in [2.24, 2.45) is 0 Å². The predicted molar refractivity (Wildman–Crippen MR) is 53.9 cm³/mol. The monoisotopic (exact) mass is 220 g/mol. The highest BCUT2D eigenvalue weighted by molar-refractivity contribution is 9.10. The number of hydrogen-bond donors (Lipinski definition) is 0. The molecule has 0 aromatic heterocycles. The Kier molecular flexibility index (Phi) is 1.73. The quantitative estimate of drug-likeness (QED) is 0.639. The zero-order valence-corrected chi connectivity index (χ0v) is 8.26. The summed E-state index contributed by atoms with van der Waals surface area (Å²) in [7, 11) is 0. The molecule has 0 bridgehead atoms. The summed E-state index contributed by atoms with van der Waals surface area (Å²) in [5.74, 6) is 2.88. The molecule has 1 aromatic carbocycles. The van der Waals surface area contributed by atoms with E-state index in [2.05, 4.69) is 27.9 Å². The molecular weight excluding hydrogens is 212 g/mol. The van der Waals surface area contributed by atoms with Crippen molar-refractivity contribution in [3.63, 3.8) is 0 Å². The molecule has 0 unspecified atom stereocenters. The zero-order chi connectivity index (χ0) is 8.60. The summed E-state index contributed by atoms with van der Waals surface area (Å²) in [6.07, 6.45) is 7.76. The van der Waals surface area contributed by atoms with Gasteiger partial charge >= 0.3 is 0 Å². The predicted octanol–water partition coefficient (Wildman–Crippen LogP) is 3.11. The third-order valence-electron chi connectivity index (χ3n) is 2.42. The minimum atomic E-state index is 0.0556. The van der Waals surface area contributed by atoms with Gasteiger partial charge in [-0.1, -0.05) is 40.0 Å². The van der Waals surface area contributed by atoms with E-state index in [1.807, 2.05) is 18.2 Å².